The molecule has 2 aromatic rings. The summed E-state index contributed by atoms with van der Waals surface area (Å²) in [5.74, 6) is 1.53. The number of rotatable bonds is 6. The Balaban J connectivity index is 1.57. The molecule has 1 aliphatic heterocycles. The number of nitrogens with zero attached hydrogens (tertiary/aromatic N) is 2. The van der Waals surface area contributed by atoms with Crippen LogP contribution in [0.1, 0.15) is 23.2 Å². The molecule has 0 aliphatic carbocycles. The van der Waals surface area contributed by atoms with Gasteiger partial charge in [-0.3, -0.25) is 4.90 Å². The summed E-state index contributed by atoms with van der Waals surface area (Å²) in [4.78, 5) is 16.1. The number of carbonyl (C=O) groups is 1. The van der Waals surface area contributed by atoms with Crippen molar-refractivity contribution in [1.82, 2.24) is 4.90 Å². The van der Waals surface area contributed by atoms with E-state index in [0.29, 0.717) is 13.2 Å². The largest absolute Gasteiger partial charge is 0.492 e. The number of carbonyl (C=O) groups excluding carboxylic acids is 1. The smallest absolute Gasteiger partial charge is 0.373 e. The Morgan fingerprint density at radius 2 is 1.88 bits per heavy atom. The van der Waals surface area contributed by atoms with Crippen molar-refractivity contribution in [1.29, 1.82) is 0 Å². The Morgan fingerprint density at radius 1 is 1.12 bits per heavy atom. The fourth-order valence-corrected chi connectivity index (χ4v) is 3.04. The van der Waals surface area contributed by atoms with Gasteiger partial charge in [-0.2, -0.15) is 0 Å². The van der Waals surface area contributed by atoms with Crippen LogP contribution in [0.15, 0.2) is 40.8 Å². The topological polar surface area (TPSA) is 55.2 Å². The number of methoxy groups -OCH3 is 1. The van der Waals surface area contributed by atoms with E-state index in [1.807, 2.05) is 31.2 Å². The summed E-state index contributed by atoms with van der Waals surface area (Å²) in [6.45, 7) is 7.06. The van der Waals surface area contributed by atoms with Crippen molar-refractivity contribution in [3.8, 4) is 5.75 Å². The zero-order valence-corrected chi connectivity index (χ0v) is 14.7. The second-order valence-electron chi connectivity index (χ2n) is 5.92. The van der Waals surface area contributed by atoms with Crippen molar-refractivity contribution in [2.75, 3.05) is 44.8 Å². The van der Waals surface area contributed by atoms with Gasteiger partial charge in [0.15, 0.2) is 0 Å². The molecular formula is C19H24N2O4. The predicted molar refractivity (Wildman–Crippen MR) is 95.1 cm³/mol. The lowest BCUT2D eigenvalue weighted by Gasteiger charge is -2.36. The lowest BCUT2D eigenvalue weighted by Crippen LogP contribution is -2.46. The summed E-state index contributed by atoms with van der Waals surface area (Å²) < 4.78 is 16.0. The van der Waals surface area contributed by atoms with E-state index in [4.69, 9.17) is 9.15 Å². The number of hydrogen-bond donors (Lipinski definition) is 0. The van der Waals surface area contributed by atoms with E-state index >= 15 is 0 Å². The first-order chi connectivity index (χ1) is 12.2. The number of piperazine rings is 1. The molecule has 0 radical (unpaired) electrons. The van der Waals surface area contributed by atoms with Crippen LogP contribution in [0.4, 0.5) is 5.69 Å². The number of para-hydroxylation sites is 2. The van der Waals surface area contributed by atoms with E-state index in [2.05, 4.69) is 20.6 Å². The molecule has 1 aromatic carbocycles. The maximum atomic E-state index is 11.5. The second-order valence-corrected chi connectivity index (χ2v) is 5.92. The van der Waals surface area contributed by atoms with Crippen LogP contribution < -0.4 is 9.64 Å². The van der Waals surface area contributed by atoms with Crippen LogP contribution in [0.3, 0.4) is 0 Å². The van der Waals surface area contributed by atoms with E-state index in [-0.39, 0.29) is 5.76 Å². The molecule has 2 heterocycles. The highest BCUT2D eigenvalue weighted by Gasteiger charge is 2.21. The minimum Gasteiger partial charge on any atom is -0.492 e. The third kappa shape index (κ3) is 4.14. The van der Waals surface area contributed by atoms with Gasteiger partial charge >= 0.3 is 5.97 Å². The van der Waals surface area contributed by atoms with Gasteiger partial charge in [0.2, 0.25) is 5.76 Å². The van der Waals surface area contributed by atoms with Gasteiger partial charge in [-0.1, -0.05) is 12.1 Å². The molecule has 1 aliphatic rings. The van der Waals surface area contributed by atoms with Gasteiger partial charge in [0.05, 0.1) is 25.9 Å². The van der Waals surface area contributed by atoms with Crippen LogP contribution in [-0.2, 0) is 11.3 Å². The molecule has 0 unspecified atom stereocenters. The Labute approximate surface area is 147 Å². The summed E-state index contributed by atoms with van der Waals surface area (Å²) >= 11 is 0. The highest BCUT2D eigenvalue weighted by molar-refractivity contribution is 5.86. The average molecular weight is 344 g/mol. The van der Waals surface area contributed by atoms with Gasteiger partial charge in [-0.25, -0.2) is 4.79 Å². The molecule has 134 valence electrons. The third-order valence-electron chi connectivity index (χ3n) is 4.31. The van der Waals surface area contributed by atoms with E-state index in [9.17, 15) is 4.79 Å². The van der Waals surface area contributed by atoms with Crippen LogP contribution in [-0.4, -0.2) is 50.8 Å². The van der Waals surface area contributed by atoms with Crippen LogP contribution in [0.5, 0.6) is 5.75 Å². The fraction of sp³-hybridized carbons (Fsp3) is 0.421. The summed E-state index contributed by atoms with van der Waals surface area (Å²) in [5, 5.41) is 0. The first-order valence-corrected chi connectivity index (χ1v) is 8.57. The summed E-state index contributed by atoms with van der Waals surface area (Å²) in [5.41, 5.74) is 1.15. The molecule has 0 bridgehead atoms. The van der Waals surface area contributed by atoms with Gasteiger partial charge in [-0.05, 0) is 31.2 Å². The number of esters is 1. The number of ether oxygens (including phenoxy) is 2. The molecular weight excluding hydrogens is 320 g/mol. The number of hydrogen-bond acceptors (Lipinski definition) is 6. The monoisotopic (exact) mass is 344 g/mol. The van der Waals surface area contributed by atoms with Gasteiger partial charge in [-0.15, -0.1) is 0 Å². The van der Waals surface area contributed by atoms with Crippen molar-refractivity contribution < 1.29 is 18.7 Å². The van der Waals surface area contributed by atoms with Gasteiger partial charge in [0.1, 0.15) is 11.5 Å². The molecule has 1 saturated heterocycles. The van der Waals surface area contributed by atoms with E-state index < -0.39 is 5.97 Å². The van der Waals surface area contributed by atoms with Gasteiger partial charge < -0.3 is 18.8 Å². The molecule has 3 rings (SSSR count). The maximum Gasteiger partial charge on any atom is 0.373 e. The van der Waals surface area contributed by atoms with Crippen LogP contribution >= 0.6 is 0 Å². The molecule has 0 N–H and O–H groups in total. The molecule has 0 spiro atoms. The van der Waals surface area contributed by atoms with Crippen LogP contribution in [0.2, 0.25) is 0 Å². The summed E-state index contributed by atoms with van der Waals surface area (Å²) in [7, 11) is 1.35. The number of anilines is 1. The van der Waals surface area contributed by atoms with Crippen LogP contribution in [0, 0.1) is 0 Å². The van der Waals surface area contributed by atoms with E-state index in [1.54, 1.807) is 6.07 Å². The van der Waals surface area contributed by atoms with E-state index in [0.717, 1.165) is 43.4 Å². The Hall–Kier alpha value is -2.47. The fourth-order valence-electron chi connectivity index (χ4n) is 3.04. The molecule has 0 atom stereocenters. The number of furan rings is 1. The Morgan fingerprint density at radius 3 is 2.60 bits per heavy atom. The lowest BCUT2D eigenvalue weighted by atomic mass is 10.2. The summed E-state index contributed by atoms with van der Waals surface area (Å²) in [6, 6.07) is 11.7. The van der Waals surface area contributed by atoms with Gasteiger partial charge in [0.25, 0.3) is 0 Å². The zero-order valence-electron chi connectivity index (χ0n) is 14.7. The second kappa shape index (κ2) is 8.07. The molecule has 6 nitrogen and oxygen atoms in total. The first-order valence-electron chi connectivity index (χ1n) is 8.57. The van der Waals surface area contributed by atoms with Crippen molar-refractivity contribution in [3.63, 3.8) is 0 Å². The quantitative estimate of drug-likeness (QED) is 0.751. The molecule has 0 amide bonds. The highest BCUT2D eigenvalue weighted by atomic mass is 16.5. The zero-order chi connectivity index (χ0) is 17.6. The van der Waals surface area contributed by atoms with Crippen molar-refractivity contribution >= 4 is 11.7 Å². The molecule has 1 fully saturated rings. The van der Waals surface area contributed by atoms with Crippen molar-refractivity contribution in [3.05, 3.63) is 47.9 Å². The van der Waals surface area contributed by atoms with Crippen molar-refractivity contribution in [2.45, 2.75) is 13.5 Å². The summed E-state index contributed by atoms with van der Waals surface area (Å²) in [6.07, 6.45) is 0. The minimum atomic E-state index is -0.441. The predicted octanol–water partition coefficient (Wildman–Crippen LogP) is 2.79. The maximum absolute atomic E-state index is 11.5. The van der Waals surface area contributed by atoms with Gasteiger partial charge in [0, 0.05) is 26.2 Å². The standard InChI is InChI=1S/C19H24N2O4/c1-3-24-17-7-5-4-6-16(17)21-12-10-20(11-13-21)14-15-8-9-18(25-15)19(22)23-2/h4-9H,3,10-14H2,1-2H3. The lowest BCUT2D eigenvalue weighted by molar-refractivity contribution is 0.0561. The third-order valence-corrected chi connectivity index (χ3v) is 4.31. The minimum absolute atomic E-state index is 0.252. The SMILES string of the molecule is CCOc1ccccc1N1CCN(Cc2ccc(C(=O)OC)o2)CC1. The van der Waals surface area contributed by atoms with Crippen LogP contribution in [0.25, 0.3) is 0 Å². The molecule has 1 aromatic heterocycles. The van der Waals surface area contributed by atoms with Crippen molar-refractivity contribution in [2.24, 2.45) is 0 Å². The highest BCUT2D eigenvalue weighted by Crippen LogP contribution is 2.29. The molecule has 25 heavy (non-hydrogen) atoms. The first kappa shape index (κ1) is 17.4. The van der Waals surface area contributed by atoms with E-state index in [1.165, 1.54) is 7.11 Å². The molecule has 6 heteroatoms. The normalized spacial score (nSPS) is 15.2. The Bertz CT molecular complexity index is 705. The number of benzene rings is 1. The average Bonchev–Trinajstić information content (AvgIpc) is 3.11. The Kier molecular flexibility index (Phi) is 5.60. The molecule has 0 saturated carbocycles.